The average molecular weight is 310 g/mol. The number of hydrogen-bond donors (Lipinski definition) is 0. The molecule has 0 saturated carbocycles. The third-order valence-electron chi connectivity index (χ3n) is 3.11. The lowest BCUT2D eigenvalue weighted by Gasteiger charge is -2.26. The fraction of sp³-hybridized carbons (Fsp3) is 0.333. The summed E-state index contributed by atoms with van der Waals surface area (Å²) in [4.78, 5) is 27.0. The van der Waals surface area contributed by atoms with Crippen LogP contribution in [0.1, 0.15) is 0 Å². The maximum Gasteiger partial charge on any atom is 0.392 e. The standard InChI is InChI=1S/C12H12ClN5O3/c13-9-1-3-10(4-2-9)18-15-14-11(19)17(18)12(20)16-5-7-21-8-6-16/h1-4H,5-8H2. The fourth-order valence-corrected chi connectivity index (χ4v) is 2.16. The Morgan fingerprint density at radius 1 is 1.19 bits per heavy atom. The molecule has 2 heterocycles. The summed E-state index contributed by atoms with van der Waals surface area (Å²) < 4.78 is 6.09. The van der Waals surface area contributed by atoms with Gasteiger partial charge in [-0.05, 0) is 29.5 Å². The second-order valence-corrected chi connectivity index (χ2v) is 4.87. The Kier molecular flexibility index (Phi) is 3.72. The largest absolute Gasteiger partial charge is 0.392 e. The number of tetrazole rings is 1. The first-order chi connectivity index (χ1) is 10.2. The molecule has 21 heavy (non-hydrogen) atoms. The van der Waals surface area contributed by atoms with Gasteiger partial charge in [-0.15, -0.1) is 9.48 Å². The van der Waals surface area contributed by atoms with E-state index in [2.05, 4.69) is 10.3 Å². The number of amides is 1. The van der Waals surface area contributed by atoms with E-state index in [4.69, 9.17) is 16.3 Å². The van der Waals surface area contributed by atoms with Crippen LogP contribution in [0.2, 0.25) is 5.02 Å². The zero-order valence-corrected chi connectivity index (χ0v) is 11.7. The van der Waals surface area contributed by atoms with E-state index < -0.39 is 11.7 Å². The molecule has 1 aliphatic rings. The van der Waals surface area contributed by atoms with Crippen molar-refractivity contribution in [3.63, 3.8) is 0 Å². The summed E-state index contributed by atoms with van der Waals surface area (Å²) in [6.45, 7) is 1.75. The number of carbonyl (C=O) groups excluding carboxylic acids is 1. The minimum absolute atomic E-state index is 0.428. The van der Waals surface area contributed by atoms with Crippen molar-refractivity contribution in [3.05, 3.63) is 39.8 Å². The molecule has 1 saturated heterocycles. The Balaban J connectivity index is 1.98. The lowest BCUT2D eigenvalue weighted by atomic mass is 10.3. The summed E-state index contributed by atoms with van der Waals surface area (Å²) in [6.07, 6.45) is 0. The van der Waals surface area contributed by atoms with Crippen LogP contribution in [0.15, 0.2) is 29.1 Å². The highest BCUT2D eigenvalue weighted by atomic mass is 35.5. The zero-order valence-electron chi connectivity index (χ0n) is 11.0. The number of aromatic nitrogens is 4. The number of hydrogen-bond acceptors (Lipinski definition) is 5. The van der Waals surface area contributed by atoms with Gasteiger partial charge in [-0.1, -0.05) is 16.7 Å². The summed E-state index contributed by atoms with van der Waals surface area (Å²) in [5.74, 6) is 0. The van der Waals surface area contributed by atoms with E-state index in [1.165, 1.54) is 4.90 Å². The van der Waals surface area contributed by atoms with Crippen molar-refractivity contribution < 1.29 is 9.53 Å². The Labute approximate surface area is 124 Å². The third kappa shape index (κ3) is 2.67. The smallest absolute Gasteiger partial charge is 0.378 e. The van der Waals surface area contributed by atoms with Gasteiger partial charge in [-0.3, -0.25) is 0 Å². The Morgan fingerprint density at radius 3 is 2.52 bits per heavy atom. The number of benzene rings is 1. The van der Waals surface area contributed by atoms with Gasteiger partial charge in [0, 0.05) is 18.1 Å². The monoisotopic (exact) mass is 309 g/mol. The number of ether oxygens (including phenoxy) is 1. The van der Waals surface area contributed by atoms with Gasteiger partial charge in [-0.25, -0.2) is 9.59 Å². The van der Waals surface area contributed by atoms with Crippen molar-refractivity contribution in [1.82, 2.24) is 24.7 Å². The normalized spacial score (nSPS) is 15.2. The van der Waals surface area contributed by atoms with E-state index in [0.29, 0.717) is 37.0 Å². The molecular formula is C12H12ClN5O3. The molecule has 0 unspecified atom stereocenters. The van der Waals surface area contributed by atoms with Crippen LogP contribution < -0.4 is 5.69 Å². The maximum absolute atomic E-state index is 12.4. The third-order valence-corrected chi connectivity index (χ3v) is 3.36. The first-order valence-electron chi connectivity index (χ1n) is 6.35. The molecule has 0 atom stereocenters. The molecule has 110 valence electrons. The van der Waals surface area contributed by atoms with Crippen molar-refractivity contribution in [2.45, 2.75) is 0 Å². The number of morpholine rings is 1. The van der Waals surface area contributed by atoms with E-state index in [1.54, 1.807) is 24.3 Å². The molecule has 0 N–H and O–H groups in total. The molecule has 0 radical (unpaired) electrons. The topological polar surface area (TPSA) is 82.2 Å². The van der Waals surface area contributed by atoms with Crippen molar-refractivity contribution >= 4 is 17.6 Å². The highest BCUT2D eigenvalue weighted by molar-refractivity contribution is 6.30. The lowest BCUT2D eigenvalue weighted by Crippen LogP contribution is -2.47. The van der Waals surface area contributed by atoms with Gasteiger partial charge >= 0.3 is 11.7 Å². The SMILES string of the molecule is O=C(N1CCOCC1)n1c(=O)nnn1-c1ccc(Cl)cc1. The Morgan fingerprint density at radius 2 is 1.86 bits per heavy atom. The van der Waals surface area contributed by atoms with E-state index in [1.807, 2.05) is 0 Å². The summed E-state index contributed by atoms with van der Waals surface area (Å²) in [7, 11) is 0. The van der Waals surface area contributed by atoms with Gasteiger partial charge in [0.15, 0.2) is 0 Å². The summed E-state index contributed by atoms with van der Waals surface area (Å²) in [6, 6.07) is 6.13. The number of rotatable bonds is 1. The van der Waals surface area contributed by atoms with Crippen LogP contribution in [0.3, 0.4) is 0 Å². The van der Waals surface area contributed by atoms with Crippen molar-refractivity contribution in [1.29, 1.82) is 0 Å². The van der Waals surface area contributed by atoms with E-state index in [9.17, 15) is 9.59 Å². The average Bonchev–Trinajstić information content (AvgIpc) is 2.90. The van der Waals surface area contributed by atoms with Gasteiger partial charge in [0.25, 0.3) is 0 Å². The first kappa shape index (κ1) is 13.8. The second-order valence-electron chi connectivity index (χ2n) is 4.43. The van der Waals surface area contributed by atoms with Crippen LogP contribution in [0.25, 0.3) is 5.69 Å². The fourth-order valence-electron chi connectivity index (χ4n) is 2.04. The van der Waals surface area contributed by atoms with Crippen molar-refractivity contribution in [2.24, 2.45) is 0 Å². The van der Waals surface area contributed by atoms with Crippen LogP contribution in [-0.4, -0.2) is 57.0 Å². The highest BCUT2D eigenvalue weighted by Crippen LogP contribution is 2.12. The zero-order chi connectivity index (χ0) is 14.8. The lowest BCUT2D eigenvalue weighted by molar-refractivity contribution is 0.0521. The van der Waals surface area contributed by atoms with Crippen LogP contribution in [0, 0.1) is 0 Å². The highest BCUT2D eigenvalue weighted by Gasteiger charge is 2.24. The minimum Gasteiger partial charge on any atom is -0.378 e. The van der Waals surface area contributed by atoms with Gasteiger partial charge in [-0.2, -0.15) is 0 Å². The molecule has 0 spiro atoms. The molecule has 1 aromatic carbocycles. The summed E-state index contributed by atoms with van der Waals surface area (Å²) in [5.41, 5.74) is -0.197. The molecule has 0 aliphatic carbocycles. The number of nitrogens with zero attached hydrogens (tertiary/aromatic N) is 5. The molecule has 1 fully saturated rings. The molecule has 1 amide bonds. The van der Waals surface area contributed by atoms with Gasteiger partial charge < -0.3 is 9.64 Å². The quantitative estimate of drug-likeness (QED) is 0.711. The molecule has 9 heteroatoms. The van der Waals surface area contributed by atoms with Crippen LogP contribution >= 0.6 is 11.6 Å². The Bertz CT molecular complexity index is 702. The molecule has 1 aliphatic heterocycles. The van der Waals surface area contributed by atoms with Crippen molar-refractivity contribution in [3.8, 4) is 5.69 Å². The molecule has 8 nitrogen and oxygen atoms in total. The van der Waals surface area contributed by atoms with Crippen LogP contribution in [0.4, 0.5) is 4.79 Å². The predicted octanol–water partition coefficient (Wildman–Crippen LogP) is 0.383. The van der Waals surface area contributed by atoms with E-state index >= 15 is 0 Å². The molecule has 1 aromatic heterocycles. The molecule has 2 aromatic rings. The second kappa shape index (κ2) is 5.66. The molecular weight excluding hydrogens is 298 g/mol. The summed E-state index contributed by atoms with van der Waals surface area (Å²) >= 11 is 5.83. The van der Waals surface area contributed by atoms with Gasteiger partial charge in [0.2, 0.25) is 0 Å². The van der Waals surface area contributed by atoms with E-state index in [-0.39, 0.29) is 0 Å². The summed E-state index contributed by atoms with van der Waals surface area (Å²) in [5, 5.41) is 7.72. The van der Waals surface area contributed by atoms with Gasteiger partial charge in [0.05, 0.1) is 18.9 Å². The van der Waals surface area contributed by atoms with E-state index in [0.717, 1.165) is 9.48 Å². The molecule has 0 bridgehead atoms. The predicted molar refractivity (Wildman–Crippen MR) is 73.8 cm³/mol. The Hall–Kier alpha value is -2.19. The maximum atomic E-state index is 12.4. The van der Waals surface area contributed by atoms with Crippen LogP contribution in [-0.2, 0) is 4.74 Å². The first-order valence-corrected chi connectivity index (χ1v) is 6.72. The van der Waals surface area contributed by atoms with Crippen LogP contribution in [0.5, 0.6) is 0 Å². The molecule has 3 rings (SSSR count). The number of halogens is 1. The number of carbonyl (C=O) groups is 1. The van der Waals surface area contributed by atoms with Crippen molar-refractivity contribution in [2.75, 3.05) is 26.3 Å². The van der Waals surface area contributed by atoms with Gasteiger partial charge in [0.1, 0.15) is 0 Å². The minimum atomic E-state index is -0.721.